The summed E-state index contributed by atoms with van der Waals surface area (Å²) in [6, 6.07) is 0. The van der Waals surface area contributed by atoms with Gasteiger partial charge < -0.3 is 11.1 Å². The molecule has 1 aliphatic rings. The molecule has 0 aliphatic heterocycles. The van der Waals surface area contributed by atoms with Crippen molar-refractivity contribution in [2.24, 2.45) is 17.6 Å². The van der Waals surface area contributed by atoms with Gasteiger partial charge in [0.05, 0.1) is 0 Å². The van der Waals surface area contributed by atoms with E-state index < -0.39 is 0 Å². The van der Waals surface area contributed by atoms with Crippen LogP contribution in [0.2, 0.25) is 0 Å². The van der Waals surface area contributed by atoms with Crippen LogP contribution < -0.4 is 11.1 Å². The number of hydrogen-bond acceptors (Lipinski definition) is 1. The highest BCUT2D eigenvalue weighted by Gasteiger charge is 2.31. The Morgan fingerprint density at radius 2 is 2.44 bits per heavy atom. The minimum Gasteiger partial charge on any atom is -0.376 e. The number of nitrogens with two attached hydrogens (primary N) is 1. The van der Waals surface area contributed by atoms with Crippen molar-refractivity contribution in [2.75, 3.05) is 6.54 Å². The molecule has 2 atom stereocenters. The molecule has 2 nitrogen and oxygen atoms in total. The van der Waals surface area contributed by atoms with Crippen LogP contribution in [0.25, 0.3) is 0 Å². The lowest BCUT2D eigenvalue weighted by atomic mass is 10.3. The van der Waals surface area contributed by atoms with Crippen LogP contribution in [-0.2, 0) is 0 Å². The average Bonchev–Trinajstić information content (AvgIpc) is 2.42. The molecule has 1 fully saturated rings. The summed E-state index contributed by atoms with van der Waals surface area (Å²) in [4.78, 5) is 0. The van der Waals surface area contributed by atoms with Crippen molar-refractivity contribution >= 4 is 17.3 Å². The van der Waals surface area contributed by atoms with Gasteiger partial charge in [0.2, 0.25) is 0 Å². The van der Waals surface area contributed by atoms with Crippen molar-refractivity contribution in [3.63, 3.8) is 0 Å². The summed E-state index contributed by atoms with van der Waals surface area (Å²) in [5.41, 5.74) is 5.23. The lowest BCUT2D eigenvalue weighted by Gasteiger charge is -1.99. The van der Waals surface area contributed by atoms with E-state index in [1.807, 2.05) is 0 Å². The molecule has 3 N–H and O–H groups in total. The molecular weight excluding hydrogens is 132 g/mol. The van der Waals surface area contributed by atoms with Crippen LogP contribution in [-0.4, -0.2) is 11.7 Å². The fourth-order valence-corrected chi connectivity index (χ4v) is 0.999. The van der Waals surface area contributed by atoms with Crippen LogP contribution in [0.1, 0.15) is 13.3 Å². The molecule has 0 amide bonds. The average molecular weight is 144 g/mol. The Morgan fingerprint density at radius 3 is 2.78 bits per heavy atom. The first-order chi connectivity index (χ1) is 4.20. The molecule has 0 aromatic heterocycles. The maximum absolute atomic E-state index is 5.23. The highest BCUT2D eigenvalue weighted by molar-refractivity contribution is 7.80. The summed E-state index contributed by atoms with van der Waals surface area (Å²) in [7, 11) is 0. The molecule has 1 rings (SSSR count). The molecule has 1 aliphatic carbocycles. The topological polar surface area (TPSA) is 38.0 Å². The summed E-state index contributed by atoms with van der Waals surface area (Å²) in [5.74, 6) is 1.71. The zero-order valence-corrected chi connectivity index (χ0v) is 6.37. The van der Waals surface area contributed by atoms with E-state index in [0.717, 1.165) is 18.4 Å². The first-order valence-corrected chi connectivity index (χ1v) is 3.64. The highest BCUT2D eigenvalue weighted by atomic mass is 32.1. The SMILES string of the molecule is CC1CC1CNC(N)=S. The zero-order valence-electron chi connectivity index (χ0n) is 5.55. The van der Waals surface area contributed by atoms with Crippen LogP contribution in [0.15, 0.2) is 0 Å². The number of nitrogens with one attached hydrogen (secondary N) is 1. The Balaban J connectivity index is 2.00. The van der Waals surface area contributed by atoms with E-state index in [4.69, 9.17) is 5.73 Å². The van der Waals surface area contributed by atoms with Gasteiger partial charge >= 0.3 is 0 Å². The standard InChI is InChI=1S/C6H12N2S/c1-4-2-5(4)3-8-6(7)9/h4-5H,2-3H2,1H3,(H3,7,8,9). The second kappa shape index (κ2) is 2.52. The molecule has 0 heterocycles. The molecule has 0 bridgehead atoms. The van der Waals surface area contributed by atoms with E-state index >= 15 is 0 Å². The molecule has 2 unspecified atom stereocenters. The monoisotopic (exact) mass is 144 g/mol. The van der Waals surface area contributed by atoms with Crippen LogP contribution in [0, 0.1) is 11.8 Å². The van der Waals surface area contributed by atoms with Gasteiger partial charge in [-0.2, -0.15) is 0 Å². The van der Waals surface area contributed by atoms with Crippen LogP contribution in [0.3, 0.4) is 0 Å². The summed E-state index contributed by atoms with van der Waals surface area (Å²) < 4.78 is 0. The summed E-state index contributed by atoms with van der Waals surface area (Å²) in [5, 5.41) is 3.37. The third-order valence-electron chi connectivity index (χ3n) is 1.81. The lowest BCUT2D eigenvalue weighted by molar-refractivity contribution is 0.714. The fraction of sp³-hybridized carbons (Fsp3) is 0.833. The van der Waals surface area contributed by atoms with Gasteiger partial charge in [-0.15, -0.1) is 0 Å². The van der Waals surface area contributed by atoms with E-state index in [1.165, 1.54) is 6.42 Å². The van der Waals surface area contributed by atoms with Crippen LogP contribution >= 0.6 is 12.2 Å². The summed E-state index contributed by atoms with van der Waals surface area (Å²) in [6.07, 6.45) is 1.33. The number of thiocarbonyl (C=S) groups is 1. The Morgan fingerprint density at radius 1 is 1.89 bits per heavy atom. The smallest absolute Gasteiger partial charge is 0.163 e. The third kappa shape index (κ3) is 2.18. The Bertz CT molecular complexity index is 124. The van der Waals surface area contributed by atoms with E-state index in [0.29, 0.717) is 5.11 Å². The van der Waals surface area contributed by atoms with Crippen molar-refractivity contribution in [3.8, 4) is 0 Å². The van der Waals surface area contributed by atoms with Gasteiger partial charge in [-0.1, -0.05) is 6.92 Å². The normalized spacial score (nSPS) is 31.7. The van der Waals surface area contributed by atoms with Crippen LogP contribution in [0.5, 0.6) is 0 Å². The Kier molecular flexibility index (Phi) is 1.90. The molecule has 0 aromatic rings. The van der Waals surface area contributed by atoms with Gasteiger partial charge in [-0.05, 0) is 30.5 Å². The van der Waals surface area contributed by atoms with Gasteiger partial charge in [-0.25, -0.2) is 0 Å². The van der Waals surface area contributed by atoms with Crippen LogP contribution in [0.4, 0.5) is 0 Å². The fourth-order valence-electron chi connectivity index (χ4n) is 0.915. The molecule has 9 heavy (non-hydrogen) atoms. The van der Waals surface area contributed by atoms with Crippen molar-refractivity contribution in [2.45, 2.75) is 13.3 Å². The van der Waals surface area contributed by atoms with E-state index in [2.05, 4.69) is 24.5 Å². The molecular formula is C6H12N2S. The summed E-state index contributed by atoms with van der Waals surface area (Å²) >= 11 is 4.65. The molecule has 52 valence electrons. The molecule has 0 aromatic carbocycles. The van der Waals surface area contributed by atoms with Gasteiger partial charge in [-0.3, -0.25) is 0 Å². The number of hydrogen-bond donors (Lipinski definition) is 2. The predicted molar refractivity (Wildman–Crippen MR) is 42.1 cm³/mol. The maximum atomic E-state index is 5.23. The Labute approximate surface area is 60.8 Å². The van der Waals surface area contributed by atoms with Crippen molar-refractivity contribution in [1.29, 1.82) is 0 Å². The molecule has 0 spiro atoms. The highest BCUT2D eigenvalue weighted by Crippen LogP contribution is 2.36. The van der Waals surface area contributed by atoms with Gasteiger partial charge in [0.15, 0.2) is 5.11 Å². The van der Waals surface area contributed by atoms with E-state index in [9.17, 15) is 0 Å². The number of rotatable bonds is 2. The van der Waals surface area contributed by atoms with Crippen molar-refractivity contribution < 1.29 is 0 Å². The van der Waals surface area contributed by atoms with Gasteiger partial charge in [0.25, 0.3) is 0 Å². The molecule has 3 heteroatoms. The minimum atomic E-state index is 0.425. The van der Waals surface area contributed by atoms with Gasteiger partial charge in [0.1, 0.15) is 0 Å². The first-order valence-electron chi connectivity index (χ1n) is 3.23. The van der Waals surface area contributed by atoms with Crippen molar-refractivity contribution in [3.05, 3.63) is 0 Å². The first kappa shape index (κ1) is 6.81. The lowest BCUT2D eigenvalue weighted by Crippen LogP contribution is -2.30. The molecule has 0 radical (unpaired) electrons. The molecule has 0 saturated heterocycles. The van der Waals surface area contributed by atoms with Gasteiger partial charge in [0, 0.05) is 6.54 Å². The maximum Gasteiger partial charge on any atom is 0.163 e. The summed E-state index contributed by atoms with van der Waals surface area (Å²) in [6.45, 7) is 3.21. The largest absolute Gasteiger partial charge is 0.376 e. The quantitative estimate of drug-likeness (QED) is 0.553. The third-order valence-corrected chi connectivity index (χ3v) is 1.96. The minimum absolute atomic E-state index is 0.425. The molecule has 1 saturated carbocycles. The zero-order chi connectivity index (χ0) is 6.85. The predicted octanol–water partition coefficient (Wildman–Crippen LogP) is 0.476. The van der Waals surface area contributed by atoms with E-state index in [1.54, 1.807) is 0 Å². The Hall–Kier alpha value is -0.310. The van der Waals surface area contributed by atoms with E-state index in [-0.39, 0.29) is 0 Å². The van der Waals surface area contributed by atoms with Crippen molar-refractivity contribution in [1.82, 2.24) is 5.32 Å². The second-order valence-corrected chi connectivity index (χ2v) is 3.16. The second-order valence-electron chi connectivity index (χ2n) is 2.72.